The molecule has 0 spiro atoms. The molecule has 0 bridgehead atoms. The van der Waals surface area contributed by atoms with Gasteiger partial charge in [0.1, 0.15) is 32.0 Å². The number of carbonyl (C=O) groups is 1. The average Bonchev–Trinajstić information content (AvgIpc) is 2.82. The summed E-state index contributed by atoms with van der Waals surface area (Å²) in [7, 11) is 1.68. The number of nitrogens with one attached hydrogen (secondary N) is 2. The molecule has 31 heavy (non-hydrogen) atoms. The molecule has 8 nitrogen and oxygen atoms in total. The van der Waals surface area contributed by atoms with E-state index < -0.39 is 6.10 Å². The van der Waals surface area contributed by atoms with E-state index in [1.807, 2.05) is 37.3 Å². The number of morpholine rings is 1. The zero-order chi connectivity index (χ0) is 21.6. The number of hydrogen-bond acceptors (Lipinski definition) is 6. The molecule has 1 fully saturated rings. The first-order valence-corrected chi connectivity index (χ1v) is 10.5. The van der Waals surface area contributed by atoms with Crippen molar-refractivity contribution in [3.8, 4) is 17.2 Å². The third-order valence-corrected chi connectivity index (χ3v) is 5.47. The normalized spacial score (nSPS) is 19.0. The smallest absolute Gasteiger partial charge is 0.284 e. The Morgan fingerprint density at radius 2 is 1.97 bits per heavy atom. The van der Waals surface area contributed by atoms with Gasteiger partial charge in [-0.15, -0.1) is 0 Å². The fraction of sp³-hybridized carbons (Fsp3) is 0.391. The summed E-state index contributed by atoms with van der Waals surface area (Å²) in [5, 5.41) is 4.28. The number of para-hydroxylation sites is 2. The SMILES string of the molecule is COc1ccc(/C(C)=N\NC(=O)[C@@H]2COc3ccccc3O2)cc1C[NH+]1CCOCC1. The first-order valence-electron chi connectivity index (χ1n) is 10.5. The molecule has 0 aliphatic carbocycles. The van der Waals surface area contributed by atoms with E-state index >= 15 is 0 Å². The summed E-state index contributed by atoms with van der Waals surface area (Å²) < 4.78 is 22.3. The van der Waals surface area contributed by atoms with Crippen LogP contribution in [0, 0.1) is 0 Å². The van der Waals surface area contributed by atoms with Crippen LogP contribution in [0.4, 0.5) is 0 Å². The number of quaternary nitrogens is 1. The molecule has 0 saturated carbocycles. The third-order valence-electron chi connectivity index (χ3n) is 5.47. The van der Waals surface area contributed by atoms with E-state index in [4.69, 9.17) is 18.9 Å². The highest BCUT2D eigenvalue weighted by atomic mass is 16.6. The number of rotatable bonds is 6. The van der Waals surface area contributed by atoms with E-state index in [1.54, 1.807) is 13.2 Å². The molecule has 2 aliphatic heterocycles. The van der Waals surface area contributed by atoms with Crippen LogP contribution in [-0.4, -0.2) is 57.7 Å². The number of methoxy groups -OCH3 is 1. The summed E-state index contributed by atoms with van der Waals surface area (Å²) >= 11 is 0. The summed E-state index contributed by atoms with van der Waals surface area (Å²) in [6.07, 6.45) is -0.747. The molecule has 1 amide bonds. The Morgan fingerprint density at radius 3 is 2.74 bits per heavy atom. The van der Waals surface area contributed by atoms with Crippen molar-refractivity contribution in [1.29, 1.82) is 0 Å². The summed E-state index contributed by atoms with van der Waals surface area (Å²) in [6.45, 7) is 6.37. The largest absolute Gasteiger partial charge is 0.496 e. The topological polar surface area (TPSA) is 82.8 Å². The molecule has 2 aliphatic rings. The van der Waals surface area contributed by atoms with E-state index in [0.29, 0.717) is 17.2 Å². The van der Waals surface area contributed by atoms with Crippen LogP contribution in [0.15, 0.2) is 47.6 Å². The van der Waals surface area contributed by atoms with Gasteiger partial charge < -0.3 is 23.8 Å². The van der Waals surface area contributed by atoms with E-state index in [1.165, 1.54) is 4.90 Å². The van der Waals surface area contributed by atoms with Gasteiger partial charge in [-0.25, -0.2) is 5.43 Å². The number of fused-ring (bicyclic) bond motifs is 1. The Bertz CT molecular complexity index is 956. The molecule has 164 valence electrons. The maximum absolute atomic E-state index is 12.5. The lowest BCUT2D eigenvalue weighted by Crippen LogP contribution is -3.12. The van der Waals surface area contributed by atoms with Gasteiger partial charge in [0.15, 0.2) is 11.5 Å². The monoisotopic (exact) mass is 426 g/mol. The third kappa shape index (κ3) is 5.15. The average molecular weight is 426 g/mol. The van der Waals surface area contributed by atoms with Gasteiger partial charge in [-0.05, 0) is 42.8 Å². The van der Waals surface area contributed by atoms with Crippen LogP contribution >= 0.6 is 0 Å². The van der Waals surface area contributed by atoms with Gasteiger partial charge in [0.25, 0.3) is 5.91 Å². The highest BCUT2D eigenvalue weighted by Crippen LogP contribution is 2.30. The summed E-state index contributed by atoms with van der Waals surface area (Å²) in [6, 6.07) is 13.2. The lowest BCUT2D eigenvalue weighted by atomic mass is 10.1. The number of nitrogens with zero attached hydrogens (tertiary/aromatic N) is 1. The second-order valence-corrected chi connectivity index (χ2v) is 7.60. The molecular formula is C23H28N3O5+. The van der Waals surface area contributed by atoms with Crippen LogP contribution in [0.5, 0.6) is 17.2 Å². The fourth-order valence-corrected chi connectivity index (χ4v) is 3.67. The highest BCUT2D eigenvalue weighted by Gasteiger charge is 2.27. The molecule has 4 rings (SSSR count). The molecule has 8 heteroatoms. The number of ether oxygens (including phenoxy) is 4. The van der Waals surface area contributed by atoms with Gasteiger partial charge in [0.2, 0.25) is 6.10 Å². The number of benzene rings is 2. The van der Waals surface area contributed by atoms with Crippen molar-refractivity contribution < 1.29 is 28.6 Å². The van der Waals surface area contributed by atoms with Crippen molar-refractivity contribution in [3.05, 3.63) is 53.6 Å². The molecule has 1 saturated heterocycles. The van der Waals surface area contributed by atoms with Crippen LogP contribution in [0.2, 0.25) is 0 Å². The maximum Gasteiger partial charge on any atom is 0.284 e. The van der Waals surface area contributed by atoms with Crippen molar-refractivity contribution in [2.45, 2.75) is 19.6 Å². The van der Waals surface area contributed by atoms with Crippen LogP contribution in [0.3, 0.4) is 0 Å². The van der Waals surface area contributed by atoms with Crippen LogP contribution in [0.1, 0.15) is 18.1 Å². The van der Waals surface area contributed by atoms with E-state index in [0.717, 1.165) is 49.7 Å². The first kappa shape index (κ1) is 21.1. The Kier molecular flexibility index (Phi) is 6.69. The van der Waals surface area contributed by atoms with E-state index in [9.17, 15) is 4.79 Å². The van der Waals surface area contributed by atoms with Gasteiger partial charge in [-0.2, -0.15) is 5.10 Å². The molecule has 2 N–H and O–H groups in total. The zero-order valence-corrected chi connectivity index (χ0v) is 17.8. The Labute approximate surface area is 181 Å². The minimum atomic E-state index is -0.747. The first-order chi connectivity index (χ1) is 15.1. The number of amides is 1. The number of carbonyl (C=O) groups excluding carboxylic acids is 1. The minimum absolute atomic E-state index is 0.145. The standard InChI is InChI=1S/C23H27N3O5/c1-16(24-25-23(27)22-15-30-20-5-3-4-6-21(20)31-22)17-7-8-19(28-2)18(13-17)14-26-9-11-29-12-10-26/h3-8,13,22H,9-12,14-15H2,1-2H3,(H,25,27)/p+1/b24-16-/t22-/m0/s1. The Balaban J connectivity index is 1.41. The lowest BCUT2D eigenvalue weighted by molar-refractivity contribution is -0.921. The highest BCUT2D eigenvalue weighted by molar-refractivity contribution is 5.99. The predicted octanol–water partition coefficient (Wildman–Crippen LogP) is 0.791. The molecule has 2 heterocycles. The van der Waals surface area contributed by atoms with Gasteiger partial charge in [-0.3, -0.25) is 4.79 Å². The molecule has 0 aromatic heterocycles. The van der Waals surface area contributed by atoms with Gasteiger partial charge in [-0.1, -0.05) is 12.1 Å². The van der Waals surface area contributed by atoms with Crippen molar-refractivity contribution in [2.75, 3.05) is 40.0 Å². The van der Waals surface area contributed by atoms with Crippen molar-refractivity contribution in [2.24, 2.45) is 5.10 Å². The summed E-state index contributed by atoms with van der Waals surface area (Å²) in [4.78, 5) is 14.0. The predicted molar refractivity (Wildman–Crippen MR) is 115 cm³/mol. The molecule has 2 aromatic carbocycles. The fourth-order valence-electron chi connectivity index (χ4n) is 3.67. The van der Waals surface area contributed by atoms with E-state index in [2.05, 4.69) is 16.6 Å². The van der Waals surface area contributed by atoms with Gasteiger partial charge in [0, 0.05) is 5.56 Å². The lowest BCUT2D eigenvalue weighted by Gasteiger charge is -2.25. The molecular weight excluding hydrogens is 398 g/mol. The van der Waals surface area contributed by atoms with E-state index in [-0.39, 0.29) is 12.5 Å². The number of hydrazone groups is 1. The van der Waals surface area contributed by atoms with Gasteiger partial charge in [0.05, 0.1) is 26.0 Å². The van der Waals surface area contributed by atoms with Gasteiger partial charge >= 0.3 is 0 Å². The summed E-state index contributed by atoms with van der Waals surface area (Å²) in [5.74, 6) is 1.70. The summed E-state index contributed by atoms with van der Waals surface area (Å²) in [5.41, 5.74) is 5.34. The van der Waals surface area contributed by atoms with Crippen molar-refractivity contribution in [1.82, 2.24) is 5.43 Å². The molecule has 1 atom stereocenters. The van der Waals surface area contributed by atoms with Crippen molar-refractivity contribution >= 4 is 11.6 Å². The second kappa shape index (κ2) is 9.80. The van der Waals surface area contributed by atoms with Crippen molar-refractivity contribution in [3.63, 3.8) is 0 Å². The molecule has 0 radical (unpaired) electrons. The van der Waals surface area contributed by atoms with Crippen LogP contribution in [-0.2, 0) is 16.1 Å². The van der Waals surface area contributed by atoms with Crippen LogP contribution < -0.4 is 24.5 Å². The quantitative estimate of drug-likeness (QED) is 0.527. The Morgan fingerprint density at radius 1 is 1.19 bits per heavy atom. The molecule has 0 unspecified atom stereocenters. The van der Waals surface area contributed by atoms with Crippen LogP contribution in [0.25, 0.3) is 0 Å². The maximum atomic E-state index is 12.5. The molecule has 2 aromatic rings. The zero-order valence-electron chi connectivity index (χ0n) is 17.8. The number of hydrogen-bond donors (Lipinski definition) is 2. The second-order valence-electron chi connectivity index (χ2n) is 7.60. The minimum Gasteiger partial charge on any atom is -0.496 e. The Hall–Kier alpha value is -3.10.